The fourth-order valence-corrected chi connectivity index (χ4v) is 5.86. The number of thiophene rings is 1. The molecule has 4 rings (SSSR count). The molecule has 0 amide bonds. The van der Waals surface area contributed by atoms with Crippen molar-refractivity contribution in [3.05, 3.63) is 63.6 Å². The molecule has 0 saturated carbocycles. The number of methoxy groups -OCH3 is 3. The molecule has 36 heavy (non-hydrogen) atoms. The monoisotopic (exact) mass is 511 g/mol. The quantitative estimate of drug-likeness (QED) is 0.488. The average molecular weight is 512 g/mol. The zero-order valence-corrected chi connectivity index (χ0v) is 22.2. The summed E-state index contributed by atoms with van der Waals surface area (Å²) in [6.45, 7) is 8.44. The number of hydrogen-bond donors (Lipinski definition) is 1. The second-order valence-electron chi connectivity index (χ2n) is 9.52. The van der Waals surface area contributed by atoms with Crippen LogP contribution in [0.3, 0.4) is 0 Å². The van der Waals surface area contributed by atoms with Gasteiger partial charge in [0.1, 0.15) is 5.92 Å². The predicted molar refractivity (Wildman–Crippen MR) is 139 cm³/mol. The standard InChI is InChI=1S/C28H33NO6S/c1-15(2)14-35-28(31)24-16(3)29-19-10-17(23-8-7-9-36-23)11-20(30)26(19)25(24)18-12-21(32-4)27(34-6)22(13-18)33-5/h7-9,12-13,15,17,24-25,29H,3,10-11,14H2,1-2,4-6H3. The Morgan fingerprint density at radius 1 is 1.14 bits per heavy atom. The van der Waals surface area contributed by atoms with Gasteiger partial charge >= 0.3 is 5.97 Å². The predicted octanol–water partition coefficient (Wildman–Crippen LogP) is 5.19. The molecular weight excluding hydrogens is 478 g/mol. The summed E-state index contributed by atoms with van der Waals surface area (Å²) in [6, 6.07) is 7.67. The van der Waals surface area contributed by atoms with Crippen LogP contribution in [0.2, 0.25) is 0 Å². The van der Waals surface area contributed by atoms with Gasteiger partial charge in [-0.05, 0) is 41.5 Å². The number of hydrogen-bond acceptors (Lipinski definition) is 8. The van der Waals surface area contributed by atoms with Crippen LogP contribution in [0.15, 0.2) is 53.2 Å². The molecule has 0 radical (unpaired) electrons. The van der Waals surface area contributed by atoms with Crippen molar-refractivity contribution < 1.29 is 28.5 Å². The smallest absolute Gasteiger partial charge is 0.315 e. The lowest BCUT2D eigenvalue weighted by Gasteiger charge is -2.40. The van der Waals surface area contributed by atoms with E-state index in [1.165, 1.54) is 12.0 Å². The second kappa shape index (κ2) is 10.8. The summed E-state index contributed by atoms with van der Waals surface area (Å²) in [7, 11) is 4.62. The number of carbonyl (C=O) groups excluding carboxylic acids is 2. The van der Waals surface area contributed by atoms with E-state index in [9.17, 15) is 9.59 Å². The molecule has 1 aliphatic heterocycles. The Morgan fingerprint density at radius 2 is 1.83 bits per heavy atom. The highest BCUT2D eigenvalue weighted by Gasteiger charge is 2.46. The molecule has 8 heteroatoms. The van der Waals surface area contributed by atoms with Gasteiger partial charge < -0.3 is 24.3 Å². The molecular formula is C28H33NO6S. The Bertz CT molecular complexity index is 1160. The molecule has 0 bridgehead atoms. The maximum atomic E-state index is 13.7. The van der Waals surface area contributed by atoms with Crippen LogP contribution in [0, 0.1) is 11.8 Å². The third kappa shape index (κ3) is 4.87. The van der Waals surface area contributed by atoms with E-state index in [0.29, 0.717) is 46.9 Å². The normalized spacial score (nSPS) is 21.7. The van der Waals surface area contributed by atoms with E-state index in [1.807, 2.05) is 25.3 Å². The first kappa shape index (κ1) is 25.8. The number of benzene rings is 1. The molecule has 2 heterocycles. The fraction of sp³-hybridized carbons (Fsp3) is 0.429. The number of carbonyl (C=O) groups is 2. The fourth-order valence-electron chi connectivity index (χ4n) is 5.03. The van der Waals surface area contributed by atoms with Crippen LogP contribution in [0.25, 0.3) is 0 Å². The molecule has 1 aromatic heterocycles. The van der Waals surface area contributed by atoms with E-state index >= 15 is 0 Å². The third-order valence-corrected chi connectivity index (χ3v) is 7.68. The van der Waals surface area contributed by atoms with Crippen molar-refractivity contribution in [2.75, 3.05) is 27.9 Å². The molecule has 1 N–H and O–H groups in total. The van der Waals surface area contributed by atoms with E-state index in [2.05, 4.69) is 18.0 Å². The molecule has 0 spiro atoms. The minimum atomic E-state index is -0.785. The van der Waals surface area contributed by atoms with Crippen molar-refractivity contribution in [3.8, 4) is 17.2 Å². The summed E-state index contributed by atoms with van der Waals surface area (Å²) in [5.41, 5.74) is 2.62. The second-order valence-corrected chi connectivity index (χ2v) is 10.5. The molecule has 3 unspecified atom stereocenters. The topological polar surface area (TPSA) is 83.1 Å². The summed E-state index contributed by atoms with van der Waals surface area (Å²) in [5, 5.41) is 5.34. The first-order chi connectivity index (χ1) is 17.3. The van der Waals surface area contributed by atoms with Gasteiger partial charge in [-0.25, -0.2) is 0 Å². The number of Topliss-reactive ketones (excluding diaryl/α,β-unsaturated/α-hetero) is 1. The lowest BCUT2D eigenvalue weighted by atomic mass is 9.69. The molecule has 192 valence electrons. The van der Waals surface area contributed by atoms with Crippen molar-refractivity contribution in [1.29, 1.82) is 0 Å². The SMILES string of the molecule is C=C1NC2=C(C(=O)CC(c3cccs3)C2)C(c2cc(OC)c(OC)c(OC)c2)C1C(=O)OCC(C)C. The lowest BCUT2D eigenvalue weighted by Crippen LogP contribution is -2.42. The van der Waals surface area contributed by atoms with Crippen LogP contribution in [0.1, 0.15) is 49.0 Å². The van der Waals surface area contributed by atoms with Crippen LogP contribution < -0.4 is 19.5 Å². The van der Waals surface area contributed by atoms with Gasteiger partial charge in [0.05, 0.1) is 27.9 Å². The van der Waals surface area contributed by atoms with Gasteiger partial charge in [0.25, 0.3) is 0 Å². The highest BCUT2D eigenvalue weighted by molar-refractivity contribution is 7.10. The van der Waals surface area contributed by atoms with Gasteiger partial charge in [-0.15, -0.1) is 11.3 Å². The van der Waals surface area contributed by atoms with Crippen molar-refractivity contribution in [2.24, 2.45) is 11.8 Å². The van der Waals surface area contributed by atoms with E-state index in [1.54, 1.807) is 37.7 Å². The van der Waals surface area contributed by atoms with Crippen molar-refractivity contribution >= 4 is 23.1 Å². The highest BCUT2D eigenvalue weighted by Crippen LogP contribution is 2.50. The van der Waals surface area contributed by atoms with Crippen LogP contribution in [0.5, 0.6) is 17.2 Å². The zero-order chi connectivity index (χ0) is 26.0. The van der Waals surface area contributed by atoms with Gasteiger partial charge in [-0.3, -0.25) is 9.59 Å². The van der Waals surface area contributed by atoms with Gasteiger partial charge in [0.15, 0.2) is 17.3 Å². The molecule has 2 aromatic rings. The Balaban J connectivity index is 1.85. The third-order valence-electron chi connectivity index (χ3n) is 6.64. The van der Waals surface area contributed by atoms with Crippen LogP contribution in [-0.2, 0) is 14.3 Å². The molecule has 3 atom stereocenters. The maximum absolute atomic E-state index is 13.7. The Hall–Kier alpha value is -3.26. The Kier molecular flexibility index (Phi) is 7.73. The molecule has 7 nitrogen and oxygen atoms in total. The first-order valence-electron chi connectivity index (χ1n) is 12.0. The van der Waals surface area contributed by atoms with Gasteiger partial charge in [-0.1, -0.05) is 26.5 Å². The summed E-state index contributed by atoms with van der Waals surface area (Å²) in [4.78, 5) is 28.3. The van der Waals surface area contributed by atoms with Crippen LogP contribution >= 0.6 is 11.3 Å². The first-order valence-corrected chi connectivity index (χ1v) is 12.9. The highest BCUT2D eigenvalue weighted by atomic mass is 32.1. The number of nitrogens with one attached hydrogen (secondary N) is 1. The van der Waals surface area contributed by atoms with E-state index in [0.717, 1.165) is 5.70 Å². The average Bonchev–Trinajstić information content (AvgIpc) is 3.40. The summed E-state index contributed by atoms with van der Waals surface area (Å²) in [5.74, 6) is -0.185. The van der Waals surface area contributed by atoms with Crippen LogP contribution in [-0.4, -0.2) is 39.7 Å². The summed E-state index contributed by atoms with van der Waals surface area (Å²) >= 11 is 1.65. The van der Waals surface area contributed by atoms with E-state index in [4.69, 9.17) is 18.9 Å². The molecule has 0 saturated heterocycles. The Labute approximate surface area is 216 Å². The minimum absolute atomic E-state index is 0.00932. The number of ketones is 1. The van der Waals surface area contributed by atoms with Crippen molar-refractivity contribution in [1.82, 2.24) is 5.32 Å². The summed E-state index contributed by atoms with van der Waals surface area (Å²) in [6.07, 6.45) is 1.04. The van der Waals surface area contributed by atoms with Gasteiger partial charge in [0.2, 0.25) is 5.75 Å². The molecule has 1 aliphatic carbocycles. The number of esters is 1. The van der Waals surface area contributed by atoms with Crippen LogP contribution in [0.4, 0.5) is 0 Å². The number of allylic oxidation sites excluding steroid dienone is 2. The van der Waals surface area contributed by atoms with Gasteiger partial charge in [-0.2, -0.15) is 0 Å². The number of rotatable bonds is 8. The number of ether oxygens (including phenoxy) is 4. The molecule has 2 aliphatic rings. The lowest BCUT2D eigenvalue weighted by molar-refractivity contribution is -0.149. The maximum Gasteiger partial charge on any atom is 0.315 e. The van der Waals surface area contributed by atoms with Crippen molar-refractivity contribution in [2.45, 2.75) is 38.5 Å². The van der Waals surface area contributed by atoms with Crippen molar-refractivity contribution in [3.63, 3.8) is 0 Å². The largest absolute Gasteiger partial charge is 0.493 e. The summed E-state index contributed by atoms with van der Waals surface area (Å²) < 4.78 is 22.3. The zero-order valence-electron chi connectivity index (χ0n) is 21.4. The van der Waals surface area contributed by atoms with Gasteiger partial charge in [0, 0.05) is 40.1 Å². The van der Waals surface area contributed by atoms with E-state index in [-0.39, 0.29) is 24.2 Å². The molecule has 1 aromatic carbocycles. The van der Waals surface area contributed by atoms with E-state index < -0.39 is 17.8 Å². The molecule has 0 fully saturated rings. The minimum Gasteiger partial charge on any atom is -0.493 e. The Morgan fingerprint density at radius 3 is 2.39 bits per heavy atom.